The predicted molar refractivity (Wildman–Crippen MR) is 144 cm³/mol. The molecule has 9 heteroatoms. The van der Waals surface area contributed by atoms with Gasteiger partial charge in [-0.15, -0.1) is 0 Å². The van der Waals surface area contributed by atoms with Gasteiger partial charge in [0, 0.05) is 37.7 Å². The summed E-state index contributed by atoms with van der Waals surface area (Å²) in [6.07, 6.45) is 3.87. The standard InChI is InChI=1S/C28H36ClN3O4S/c1-21(36-28(33)31-18-16-30(17-19-31)20-22-10-11-22)26-8-5-9-27(23-6-3-2-4-7-23)32(26)37(34,35)25-14-12-24(29)13-15-25/h2-4,6-7,12-15,21-22,26-27H,5,8-11,16-20H2,1H3/t21?,26-,27+/m1/s1. The Morgan fingerprint density at radius 3 is 2.30 bits per heavy atom. The van der Waals surface area contributed by atoms with Crippen molar-refractivity contribution in [2.24, 2.45) is 5.92 Å². The number of benzene rings is 2. The Morgan fingerprint density at radius 1 is 0.973 bits per heavy atom. The molecule has 200 valence electrons. The zero-order chi connectivity index (χ0) is 26.0. The van der Waals surface area contributed by atoms with E-state index in [0.29, 0.717) is 31.0 Å². The Bertz CT molecular complexity index is 1170. The number of piperazine rings is 1. The monoisotopic (exact) mass is 545 g/mol. The van der Waals surface area contributed by atoms with E-state index < -0.39 is 22.2 Å². The van der Waals surface area contributed by atoms with Crippen molar-refractivity contribution < 1.29 is 17.9 Å². The van der Waals surface area contributed by atoms with Crippen LogP contribution in [0.3, 0.4) is 0 Å². The van der Waals surface area contributed by atoms with Gasteiger partial charge in [0.2, 0.25) is 10.0 Å². The molecule has 1 unspecified atom stereocenters. The number of rotatable bonds is 7. The number of carbonyl (C=O) groups excluding carboxylic acids is 1. The molecule has 2 saturated heterocycles. The minimum atomic E-state index is -3.88. The predicted octanol–water partition coefficient (Wildman–Crippen LogP) is 5.18. The van der Waals surface area contributed by atoms with E-state index in [9.17, 15) is 13.2 Å². The Kier molecular flexibility index (Phi) is 8.10. The van der Waals surface area contributed by atoms with Crippen molar-refractivity contribution in [2.75, 3.05) is 32.7 Å². The van der Waals surface area contributed by atoms with Gasteiger partial charge in [-0.05, 0) is 74.8 Å². The Labute approximate surface area is 225 Å². The van der Waals surface area contributed by atoms with Crippen LogP contribution in [0.25, 0.3) is 0 Å². The number of halogens is 1. The third kappa shape index (κ3) is 6.14. The summed E-state index contributed by atoms with van der Waals surface area (Å²) in [6, 6.07) is 15.2. The minimum absolute atomic E-state index is 0.190. The number of piperidine rings is 1. The van der Waals surface area contributed by atoms with Gasteiger partial charge in [-0.2, -0.15) is 4.31 Å². The average Bonchev–Trinajstić information content (AvgIpc) is 3.73. The molecule has 1 aliphatic carbocycles. The summed E-state index contributed by atoms with van der Waals surface area (Å²) in [5.41, 5.74) is 0.940. The van der Waals surface area contributed by atoms with E-state index in [1.807, 2.05) is 37.3 Å². The fourth-order valence-electron chi connectivity index (χ4n) is 5.60. The fourth-order valence-corrected chi connectivity index (χ4v) is 7.65. The first kappa shape index (κ1) is 26.5. The van der Waals surface area contributed by atoms with Crippen molar-refractivity contribution in [3.63, 3.8) is 0 Å². The van der Waals surface area contributed by atoms with E-state index in [-0.39, 0.29) is 17.0 Å². The van der Waals surface area contributed by atoms with Gasteiger partial charge in [0.25, 0.3) is 0 Å². The smallest absolute Gasteiger partial charge is 0.410 e. The number of carbonyl (C=O) groups is 1. The van der Waals surface area contributed by atoms with Crippen molar-refractivity contribution in [3.05, 3.63) is 65.2 Å². The third-order valence-electron chi connectivity index (χ3n) is 7.86. The van der Waals surface area contributed by atoms with E-state index in [0.717, 1.165) is 37.5 Å². The Morgan fingerprint density at radius 2 is 1.65 bits per heavy atom. The number of ether oxygens (including phenoxy) is 1. The number of sulfonamides is 1. The topological polar surface area (TPSA) is 70.2 Å². The average molecular weight is 546 g/mol. The highest BCUT2D eigenvalue weighted by atomic mass is 35.5. The molecule has 1 amide bonds. The molecule has 0 N–H and O–H groups in total. The highest BCUT2D eigenvalue weighted by molar-refractivity contribution is 7.89. The van der Waals surface area contributed by atoms with Crippen LogP contribution in [0.2, 0.25) is 5.02 Å². The van der Waals surface area contributed by atoms with Crippen molar-refractivity contribution in [2.45, 2.75) is 62.1 Å². The van der Waals surface area contributed by atoms with Crippen LogP contribution in [-0.4, -0.2) is 73.5 Å². The van der Waals surface area contributed by atoms with Crippen LogP contribution in [0.15, 0.2) is 59.5 Å². The Hall–Kier alpha value is -2.13. The first-order chi connectivity index (χ1) is 17.8. The minimum Gasteiger partial charge on any atom is -0.445 e. The summed E-state index contributed by atoms with van der Waals surface area (Å²) in [4.78, 5) is 17.5. The Balaban J connectivity index is 1.35. The molecule has 3 fully saturated rings. The number of nitrogens with zero attached hydrogens (tertiary/aromatic N) is 3. The van der Waals surface area contributed by atoms with Crippen LogP contribution in [-0.2, 0) is 14.8 Å². The van der Waals surface area contributed by atoms with E-state index in [4.69, 9.17) is 16.3 Å². The first-order valence-electron chi connectivity index (χ1n) is 13.3. The van der Waals surface area contributed by atoms with Crippen LogP contribution in [0.1, 0.15) is 50.6 Å². The molecule has 3 atom stereocenters. The van der Waals surface area contributed by atoms with Crippen molar-refractivity contribution in [1.29, 1.82) is 0 Å². The van der Waals surface area contributed by atoms with E-state index >= 15 is 0 Å². The number of amides is 1. The quantitative estimate of drug-likeness (QED) is 0.479. The molecular weight excluding hydrogens is 510 g/mol. The van der Waals surface area contributed by atoms with Crippen LogP contribution >= 0.6 is 11.6 Å². The molecule has 0 radical (unpaired) electrons. The lowest BCUT2D eigenvalue weighted by Crippen LogP contribution is -2.53. The van der Waals surface area contributed by atoms with E-state index in [1.165, 1.54) is 12.8 Å². The molecule has 37 heavy (non-hydrogen) atoms. The zero-order valence-electron chi connectivity index (χ0n) is 21.3. The fraction of sp³-hybridized carbons (Fsp3) is 0.536. The second-order valence-electron chi connectivity index (χ2n) is 10.5. The molecular formula is C28H36ClN3O4S. The summed E-state index contributed by atoms with van der Waals surface area (Å²) < 4.78 is 35.6. The molecule has 5 rings (SSSR count). The molecule has 2 aromatic carbocycles. The van der Waals surface area contributed by atoms with E-state index in [2.05, 4.69) is 4.90 Å². The molecule has 2 aliphatic heterocycles. The van der Waals surface area contributed by atoms with Crippen molar-refractivity contribution >= 4 is 27.7 Å². The van der Waals surface area contributed by atoms with Crippen LogP contribution in [0.5, 0.6) is 0 Å². The summed E-state index contributed by atoms with van der Waals surface area (Å²) in [6.45, 7) is 5.95. The SMILES string of the molecule is CC(OC(=O)N1CCN(CC2CC2)CC1)[C@H]1CCC[C@@H](c2ccccc2)N1S(=O)(=O)c1ccc(Cl)cc1. The van der Waals surface area contributed by atoms with Gasteiger partial charge in [-0.1, -0.05) is 41.9 Å². The van der Waals surface area contributed by atoms with Gasteiger partial charge < -0.3 is 9.64 Å². The maximum absolute atomic E-state index is 14.0. The van der Waals surface area contributed by atoms with Gasteiger partial charge in [0.15, 0.2) is 0 Å². The summed E-state index contributed by atoms with van der Waals surface area (Å²) >= 11 is 6.05. The molecule has 7 nitrogen and oxygen atoms in total. The molecule has 0 aromatic heterocycles. The van der Waals surface area contributed by atoms with Crippen molar-refractivity contribution in [3.8, 4) is 0 Å². The van der Waals surface area contributed by atoms with Crippen molar-refractivity contribution in [1.82, 2.24) is 14.1 Å². The van der Waals surface area contributed by atoms with E-state index in [1.54, 1.807) is 33.5 Å². The third-order valence-corrected chi connectivity index (χ3v) is 10.1. The van der Waals surface area contributed by atoms with Gasteiger partial charge in [0.05, 0.1) is 17.0 Å². The maximum Gasteiger partial charge on any atom is 0.410 e. The second kappa shape index (κ2) is 11.3. The number of hydrogen-bond donors (Lipinski definition) is 0. The van der Waals surface area contributed by atoms with Crippen LogP contribution in [0.4, 0.5) is 4.79 Å². The molecule has 1 saturated carbocycles. The molecule has 0 spiro atoms. The van der Waals surface area contributed by atoms with Gasteiger partial charge >= 0.3 is 6.09 Å². The van der Waals surface area contributed by atoms with Gasteiger partial charge in [-0.3, -0.25) is 4.90 Å². The lowest BCUT2D eigenvalue weighted by Gasteiger charge is -2.43. The maximum atomic E-state index is 14.0. The number of hydrogen-bond acceptors (Lipinski definition) is 5. The lowest BCUT2D eigenvalue weighted by atomic mass is 9.91. The summed E-state index contributed by atoms with van der Waals surface area (Å²) in [7, 11) is -3.88. The van der Waals surface area contributed by atoms with Crippen LogP contribution in [0, 0.1) is 5.92 Å². The van der Waals surface area contributed by atoms with Gasteiger partial charge in [-0.25, -0.2) is 13.2 Å². The first-order valence-corrected chi connectivity index (χ1v) is 15.2. The highest BCUT2D eigenvalue weighted by Gasteiger charge is 2.44. The van der Waals surface area contributed by atoms with Crippen LogP contribution < -0.4 is 0 Å². The molecule has 2 aromatic rings. The summed E-state index contributed by atoms with van der Waals surface area (Å²) in [5.74, 6) is 0.830. The molecule has 2 heterocycles. The van der Waals surface area contributed by atoms with Gasteiger partial charge in [0.1, 0.15) is 6.10 Å². The largest absolute Gasteiger partial charge is 0.445 e. The molecule has 0 bridgehead atoms. The molecule has 3 aliphatic rings. The second-order valence-corrected chi connectivity index (χ2v) is 12.8. The summed E-state index contributed by atoms with van der Waals surface area (Å²) in [5, 5.41) is 0.480. The highest BCUT2D eigenvalue weighted by Crippen LogP contribution is 2.40. The lowest BCUT2D eigenvalue weighted by molar-refractivity contribution is 0.00860. The zero-order valence-corrected chi connectivity index (χ0v) is 22.9. The normalized spacial score (nSPS) is 24.5.